The van der Waals surface area contributed by atoms with Gasteiger partial charge in [0.1, 0.15) is 0 Å². The molecule has 0 aliphatic rings. The standard InChI is InChI=1S/C12H19N5OS/c1-5-16(6-2)10(18)8-15(4)12-14-17-7-9(3)13-11(17)19-12/h7H,5-6,8H2,1-4H3. The van der Waals surface area contributed by atoms with E-state index >= 15 is 0 Å². The van der Waals surface area contributed by atoms with Crippen molar-refractivity contribution in [2.75, 3.05) is 31.6 Å². The molecule has 1 amide bonds. The molecule has 6 nitrogen and oxygen atoms in total. The Hall–Kier alpha value is -1.63. The molecule has 2 aromatic heterocycles. The van der Waals surface area contributed by atoms with Gasteiger partial charge in [-0.1, -0.05) is 11.3 Å². The first-order valence-corrected chi connectivity index (χ1v) is 7.18. The summed E-state index contributed by atoms with van der Waals surface area (Å²) in [6.45, 7) is 7.74. The number of nitrogens with zero attached hydrogens (tertiary/aromatic N) is 5. The third kappa shape index (κ3) is 2.86. The van der Waals surface area contributed by atoms with E-state index in [1.54, 1.807) is 4.52 Å². The van der Waals surface area contributed by atoms with Gasteiger partial charge in [-0.15, -0.1) is 5.10 Å². The number of hydrogen-bond donors (Lipinski definition) is 0. The molecule has 0 saturated carbocycles. The topological polar surface area (TPSA) is 53.7 Å². The summed E-state index contributed by atoms with van der Waals surface area (Å²) in [6.07, 6.45) is 1.88. The van der Waals surface area contributed by atoms with Gasteiger partial charge in [0, 0.05) is 20.1 Å². The predicted octanol–water partition coefficient (Wildman–Crippen LogP) is 1.40. The largest absolute Gasteiger partial charge is 0.342 e. The van der Waals surface area contributed by atoms with E-state index in [-0.39, 0.29) is 5.91 Å². The fraction of sp³-hybridized carbons (Fsp3) is 0.583. The zero-order valence-electron chi connectivity index (χ0n) is 11.8. The minimum atomic E-state index is 0.122. The number of carbonyl (C=O) groups excluding carboxylic acids is 1. The van der Waals surface area contributed by atoms with Crippen molar-refractivity contribution in [2.24, 2.45) is 0 Å². The zero-order valence-corrected chi connectivity index (χ0v) is 12.6. The molecule has 0 unspecified atom stereocenters. The number of hydrogen-bond acceptors (Lipinski definition) is 5. The summed E-state index contributed by atoms with van der Waals surface area (Å²) in [5.74, 6) is 0.122. The molecule has 19 heavy (non-hydrogen) atoms. The highest BCUT2D eigenvalue weighted by Gasteiger charge is 2.16. The van der Waals surface area contributed by atoms with Crippen molar-refractivity contribution in [1.82, 2.24) is 19.5 Å². The summed E-state index contributed by atoms with van der Waals surface area (Å²) in [7, 11) is 1.88. The molecule has 0 aliphatic carbocycles. The maximum Gasteiger partial charge on any atom is 0.242 e. The molecule has 104 valence electrons. The van der Waals surface area contributed by atoms with Gasteiger partial charge in [0.2, 0.25) is 16.0 Å². The smallest absolute Gasteiger partial charge is 0.242 e. The first-order valence-electron chi connectivity index (χ1n) is 6.36. The summed E-state index contributed by atoms with van der Waals surface area (Å²) in [6, 6.07) is 0. The highest BCUT2D eigenvalue weighted by Crippen LogP contribution is 2.21. The van der Waals surface area contributed by atoms with Crippen LogP contribution < -0.4 is 4.90 Å². The van der Waals surface area contributed by atoms with Crippen LogP contribution in [-0.4, -0.2) is 52.1 Å². The van der Waals surface area contributed by atoms with E-state index in [0.29, 0.717) is 6.54 Å². The fourth-order valence-electron chi connectivity index (χ4n) is 1.90. The quantitative estimate of drug-likeness (QED) is 0.831. The Morgan fingerprint density at radius 2 is 2.11 bits per heavy atom. The lowest BCUT2D eigenvalue weighted by Crippen LogP contribution is -2.38. The van der Waals surface area contributed by atoms with Gasteiger partial charge in [0.15, 0.2) is 0 Å². The number of aryl methyl sites for hydroxylation is 1. The molecule has 0 spiro atoms. The summed E-state index contributed by atoms with van der Waals surface area (Å²) >= 11 is 1.49. The molecular formula is C12H19N5OS. The van der Waals surface area contributed by atoms with E-state index in [1.807, 2.05) is 43.8 Å². The first kappa shape index (κ1) is 13.8. The number of aromatic nitrogens is 3. The summed E-state index contributed by atoms with van der Waals surface area (Å²) in [4.78, 5) is 20.9. The lowest BCUT2D eigenvalue weighted by atomic mass is 10.4. The molecule has 7 heteroatoms. The highest BCUT2D eigenvalue weighted by atomic mass is 32.1. The van der Waals surface area contributed by atoms with Crippen LogP contribution in [0.2, 0.25) is 0 Å². The van der Waals surface area contributed by atoms with Crippen molar-refractivity contribution in [2.45, 2.75) is 20.8 Å². The van der Waals surface area contributed by atoms with E-state index < -0.39 is 0 Å². The van der Waals surface area contributed by atoms with E-state index in [1.165, 1.54) is 11.3 Å². The van der Waals surface area contributed by atoms with Crippen molar-refractivity contribution in [3.63, 3.8) is 0 Å². The van der Waals surface area contributed by atoms with Crippen LogP contribution in [0.3, 0.4) is 0 Å². The SMILES string of the molecule is CCN(CC)C(=O)CN(C)c1nn2cc(C)nc2s1. The second-order valence-electron chi connectivity index (χ2n) is 4.42. The predicted molar refractivity (Wildman–Crippen MR) is 76.8 cm³/mol. The molecule has 0 saturated heterocycles. The molecule has 2 rings (SSSR count). The first-order chi connectivity index (χ1) is 9.05. The number of imidazole rings is 1. The third-order valence-corrected chi connectivity index (χ3v) is 4.00. The van der Waals surface area contributed by atoms with Crippen LogP contribution in [-0.2, 0) is 4.79 Å². The monoisotopic (exact) mass is 281 g/mol. The second kappa shape index (κ2) is 5.56. The Morgan fingerprint density at radius 1 is 1.42 bits per heavy atom. The zero-order chi connectivity index (χ0) is 14.0. The van der Waals surface area contributed by atoms with E-state index in [4.69, 9.17) is 0 Å². The summed E-state index contributed by atoms with van der Waals surface area (Å²) in [5, 5.41) is 5.23. The number of anilines is 1. The van der Waals surface area contributed by atoms with E-state index in [9.17, 15) is 4.79 Å². The molecular weight excluding hydrogens is 262 g/mol. The molecule has 0 N–H and O–H groups in total. The van der Waals surface area contributed by atoms with Crippen molar-refractivity contribution >= 4 is 27.3 Å². The van der Waals surface area contributed by atoms with Crippen LogP contribution in [0.4, 0.5) is 5.13 Å². The Balaban J connectivity index is 2.08. The number of amides is 1. The minimum absolute atomic E-state index is 0.122. The van der Waals surface area contributed by atoms with Gasteiger partial charge in [0.05, 0.1) is 18.4 Å². The highest BCUT2D eigenvalue weighted by molar-refractivity contribution is 7.20. The van der Waals surface area contributed by atoms with Crippen molar-refractivity contribution in [1.29, 1.82) is 0 Å². The van der Waals surface area contributed by atoms with Gasteiger partial charge in [0.25, 0.3) is 0 Å². The molecule has 0 bridgehead atoms. The lowest BCUT2D eigenvalue weighted by Gasteiger charge is -2.22. The molecule has 0 atom stereocenters. The van der Waals surface area contributed by atoms with Crippen molar-refractivity contribution < 1.29 is 4.79 Å². The summed E-state index contributed by atoms with van der Waals surface area (Å²) in [5.41, 5.74) is 0.951. The molecule has 0 radical (unpaired) electrons. The van der Waals surface area contributed by atoms with E-state index in [0.717, 1.165) is 28.9 Å². The minimum Gasteiger partial charge on any atom is -0.342 e. The van der Waals surface area contributed by atoms with Crippen LogP contribution in [0.15, 0.2) is 6.20 Å². The normalized spacial score (nSPS) is 10.9. The number of fused-ring (bicyclic) bond motifs is 1. The third-order valence-electron chi connectivity index (χ3n) is 2.97. The van der Waals surface area contributed by atoms with Crippen molar-refractivity contribution in [3.05, 3.63) is 11.9 Å². The van der Waals surface area contributed by atoms with Crippen LogP contribution in [0.25, 0.3) is 4.96 Å². The average molecular weight is 281 g/mol. The van der Waals surface area contributed by atoms with Gasteiger partial charge >= 0.3 is 0 Å². The second-order valence-corrected chi connectivity index (χ2v) is 5.35. The molecule has 0 fully saturated rings. The number of rotatable bonds is 5. The molecule has 0 aliphatic heterocycles. The van der Waals surface area contributed by atoms with Gasteiger partial charge in [-0.3, -0.25) is 4.79 Å². The Bertz CT molecular complexity index is 540. The number of likely N-dealkylation sites (N-methyl/N-ethyl adjacent to an activating group) is 2. The maximum absolute atomic E-state index is 12.0. The van der Waals surface area contributed by atoms with Crippen molar-refractivity contribution in [3.8, 4) is 0 Å². The molecule has 2 heterocycles. The lowest BCUT2D eigenvalue weighted by molar-refractivity contribution is -0.129. The Labute approximate surface area is 116 Å². The van der Waals surface area contributed by atoms with Crippen LogP contribution in [0, 0.1) is 6.92 Å². The maximum atomic E-state index is 12.0. The Kier molecular flexibility index (Phi) is 4.04. The number of carbonyl (C=O) groups is 1. The molecule has 0 aromatic carbocycles. The Morgan fingerprint density at radius 3 is 2.68 bits per heavy atom. The summed E-state index contributed by atoms with van der Waals surface area (Å²) < 4.78 is 1.76. The van der Waals surface area contributed by atoms with Gasteiger partial charge in [-0.25, -0.2) is 9.50 Å². The van der Waals surface area contributed by atoms with Crippen LogP contribution in [0.5, 0.6) is 0 Å². The molecule has 2 aromatic rings. The van der Waals surface area contributed by atoms with Crippen LogP contribution in [0.1, 0.15) is 19.5 Å². The fourth-order valence-corrected chi connectivity index (χ4v) is 2.79. The average Bonchev–Trinajstić information content (AvgIpc) is 2.87. The van der Waals surface area contributed by atoms with Crippen LogP contribution >= 0.6 is 11.3 Å². The van der Waals surface area contributed by atoms with E-state index in [2.05, 4.69) is 10.1 Å². The van der Waals surface area contributed by atoms with Gasteiger partial charge < -0.3 is 9.80 Å². The van der Waals surface area contributed by atoms with Gasteiger partial charge in [-0.2, -0.15) is 0 Å². The van der Waals surface area contributed by atoms with Gasteiger partial charge in [-0.05, 0) is 20.8 Å².